The highest BCUT2D eigenvalue weighted by molar-refractivity contribution is 5.82. The summed E-state index contributed by atoms with van der Waals surface area (Å²) in [4.78, 5) is 16.1. The highest BCUT2D eigenvalue weighted by Gasteiger charge is 2.07. The van der Waals surface area contributed by atoms with E-state index in [2.05, 4.69) is 4.98 Å². The van der Waals surface area contributed by atoms with Crippen LogP contribution in [0.5, 0.6) is 5.88 Å². The fraction of sp³-hybridized carbons (Fsp3) is 0.200. The van der Waals surface area contributed by atoms with Crippen LogP contribution in [0.25, 0.3) is 0 Å². The number of hydrogen-bond acceptors (Lipinski definition) is 3. The lowest BCUT2D eigenvalue weighted by Gasteiger charge is -2.03. The Balaban J connectivity index is 1.99. The number of carbonyl (C=O) groups excluding carboxylic acids is 1. The number of pyridine rings is 1. The highest BCUT2D eigenvalue weighted by Crippen LogP contribution is 2.09. The standard InChI is InChI=1S/C15H14FNO2/c1-19-15-4-2-3-13(17-15)10-14(18)9-11-5-7-12(16)8-6-11/h2-8H,9-10H2,1H3. The maximum atomic E-state index is 12.7. The van der Waals surface area contributed by atoms with Gasteiger partial charge in [-0.05, 0) is 23.8 Å². The summed E-state index contributed by atoms with van der Waals surface area (Å²) in [5.41, 5.74) is 1.47. The average molecular weight is 259 g/mol. The minimum atomic E-state index is -0.300. The van der Waals surface area contributed by atoms with Crippen LogP contribution < -0.4 is 4.74 Å². The first-order valence-electron chi connectivity index (χ1n) is 5.93. The van der Waals surface area contributed by atoms with E-state index in [0.29, 0.717) is 11.6 Å². The van der Waals surface area contributed by atoms with Crippen LogP contribution in [0.2, 0.25) is 0 Å². The van der Waals surface area contributed by atoms with E-state index < -0.39 is 0 Å². The predicted molar refractivity (Wildman–Crippen MR) is 69.6 cm³/mol. The minimum Gasteiger partial charge on any atom is -0.481 e. The number of rotatable bonds is 5. The number of methoxy groups -OCH3 is 1. The summed E-state index contributed by atoms with van der Waals surface area (Å²) in [7, 11) is 1.53. The molecular formula is C15H14FNO2. The predicted octanol–water partition coefficient (Wildman–Crippen LogP) is 2.58. The molecule has 0 aliphatic carbocycles. The Morgan fingerprint density at radius 1 is 1.16 bits per heavy atom. The fourth-order valence-electron chi connectivity index (χ4n) is 1.76. The molecule has 0 saturated carbocycles. The van der Waals surface area contributed by atoms with Gasteiger partial charge in [-0.1, -0.05) is 18.2 Å². The van der Waals surface area contributed by atoms with Gasteiger partial charge in [0.25, 0.3) is 0 Å². The average Bonchev–Trinajstić information content (AvgIpc) is 2.41. The molecule has 1 aromatic heterocycles. The Morgan fingerprint density at radius 2 is 1.89 bits per heavy atom. The van der Waals surface area contributed by atoms with E-state index in [1.54, 1.807) is 30.3 Å². The van der Waals surface area contributed by atoms with E-state index in [1.807, 2.05) is 0 Å². The lowest BCUT2D eigenvalue weighted by molar-refractivity contribution is -0.117. The molecule has 0 bridgehead atoms. The van der Waals surface area contributed by atoms with E-state index in [4.69, 9.17) is 4.74 Å². The summed E-state index contributed by atoms with van der Waals surface area (Å²) in [5, 5.41) is 0. The van der Waals surface area contributed by atoms with Gasteiger partial charge in [0.05, 0.1) is 12.8 Å². The van der Waals surface area contributed by atoms with Gasteiger partial charge in [0.1, 0.15) is 11.6 Å². The second-order valence-corrected chi connectivity index (χ2v) is 4.19. The van der Waals surface area contributed by atoms with Crippen molar-refractivity contribution in [1.82, 2.24) is 4.98 Å². The third-order valence-corrected chi connectivity index (χ3v) is 2.68. The van der Waals surface area contributed by atoms with Gasteiger partial charge in [-0.15, -0.1) is 0 Å². The molecule has 19 heavy (non-hydrogen) atoms. The van der Waals surface area contributed by atoms with Gasteiger partial charge < -0.3 is 4.74 Å². The molecule has 2 rings (SSSR count). The van der Waals surface area contributed by atoms with Crippen molar-refractivity contribution in [3.05, 3.63) is 59.5 Å². The number of carbonyl (C=O) groups is 1. The van der Waals surface area contributed by atoms with Crippen LogP contribution in [0, 0.1) is 5.82 Å². The Labute approximate surface area is 111 Å². The molecule has 1 heterocycles. The van der Waals surface area contributed by atoms with Crippen molar-refractivity contribution in [2.75, 3.05) is 7.11 Å². The molecule has 98 valence electrons. The van der Waals surface area contributed by atoms with E-state index in [9.17, 15) is 9.18 Å². The van der Waals surface area contributed by atoms with Gasteiger partial charge in [-0.3, -0.25) is 4.79 Å². The first-order chi connectivity index (χ1) is 9.17. The van der Waals surface area contributed by atoms with Gasteiger partial charge in [-0.2, -0.15) is 0 Å². The quantitative estimate of drug-likeness (QED) is 0.828. The molecule has 2 aromatic rings. The fourth-order valence-corrected chi connectivity index (χ4v) is 1.76. The zero-order valence-corrected chi connectivity index (χ0v) is 10.6. The van der Waals surface area contributed by atoms with Crippen LogP contribution in [-0.4, -0.2) is 17.9 Å². The van der Waals surface area contributed by atoms with Crippen LogP contribution >= 0.6 is 0 Å². The SMILES string of the molecule is COc1cccc(CC(=O)Cc2ccc(F)cc2)n1. The monoisotopic (exact) mass is 259 g/mol. The number of Topliss-reactive ketones (excluding diaryl/α,β-unsaturated/α-hetero) is 1. The lowest BCUT2D eigenvalue weighted by Crippen LogP contribution is -2.08. The molecule has 0 unspecified atom stereocenters. The number of ether oxygens (including phenoxy) is 1. The highest BCUT2D eigenvalue weighted by atomic mass is 19.1. The Kier molecular flexibility index (Phi) is 4.23. The van der Waals surface area contributed by atoms with Crippen LogP contribution in [0.15, 0.2) is 42.5 Å². The second-order valence-electron chi connectivity index (χ2n) is 4.19. The first kappa shape index (κ1) is 13.2. The Hall–Kier alpha value is -2.23. The summed E-state index contributed by atoms with van der Waals surface area (Å²) < 4.78 is 17.7. The minimum absolute atomic E-state index is 0.0346. The molecule has 0 saturated heterocycles. The maximum absolute atomic E-state index is 12.7. The van der Waals surface area contributed by atoms with E-state index >= 15 is 0 Å². The van der Waals surface area contributed by atoms with E-state index in [1.165, 1.54) is 19.2 Å². The van der Waals surface area contributed by atoms with Crippen molar-refractivity contribution < 1.29 is 13.9 Å². The van der Waals surface area contributed by atoms with Gasteiger partial charge in [0, 0.05) is 18.9 Å². The molecule has 0 amide bonds. The first-order valence-corrected chi connectivity index (χ1v) is 5.93. The second kappa shape index (κ2) is 6.09. The smallest absolute Gasteiger partial charge is 0.213 e. The van der Waals surface area contributed by atoms with Crippen molar-refractivity contribution in [3.8, 4) is 5.88 Å². The number of benzene rings is 1. The third kappa shape index (κ3) is 3.88. The molecule has 0 N–H and O–H groups in total. The van der Waals surface area contributed by atoms with Crippen molar-refractivity contribution in [2.24, 2.45) is 0 Å². The number of nitrogens with zero attached hydrogens (tertiary/aromatic N) is 1. The summed E-state index contributed by atoms with van der Waals surface area (Å²) in [6.07, 6.45) is 0.522. The molecule has 0 radical (unpaired) electrons. The molecule has 0 aliphatic rings. The normalized spacial score (nSPS) is 10.2. The zero-order valence-electron chi connectivity index (χ0n) is 10.6. The Bertz CT molecular complexity index is 567. The Morgan fingerprint density at radius 3 is 2.58 bits per heavy atom. The summed E-state index contributed by atoms with van der Waals surface area (Å²) in [6, 6.07) is 11.3. The molecular weight excluding hydrogens is 245 g/mol. The number of ketones is 1. The molecule has 1 aromatic carbocycles. The van der Waals surface area contributed by atoms with Crippen LogP contribution in [-0.2, 0) is 17.6 Å². The number of hydrogen-bond donors (Lipinski definition) is 0. The van der Waals surface area contributed by atoms with Crippen molar-refractivity contribution >= 4 is 5.78 Å². The van der Waals surface area contributed by atoms with Crippen molar-refractivity contribution in [3.63, 3.8) is 0 Å². The largest absolute Gasteiger partial charge is 0.481 e. The van der Waals surface area contributed by atoms with Crippen LogP contribution in [0.3, 0.4) is 0 Å². The van der Waals surface area contributed by atoms with Gasteiger partial charge in [0.2, 0.25) is 5.88 Å². The van der Waals surface area contributed by atoms with Crippen LogP contribution in [0.4, 0.5) is 4.39 Å². The van der Waals surface area contributed by atoms with E-state index in [0.717, 1.165) is 5.56 Å². The summed E-state index contributed by atoms with van der Waals surface area (Å²) in [6.45, 7) is 0. The third-order valence-electron chi connectivity index (χ3n) is 2.68. The van der Waals surface area contributed by atoms with Gasteiger partial charge in [-0.25, -0.2) is 9.37 Å². The van der Waals surface area contributed by atoms with E-state index in [-0.39, 0.29) is 24.4 Å². The summed E-state index contributed by atoms with van der Waals surface area (Å²) >= 11 is 0. The molecule has 3 nitrogen and oxygen atoms in total. The lowest BCUT2D eigenvalue weighted by atomic mass is 10.1. The number of halogens is 1. The maximum Gasteiger partial charge on any atom is 0.213 e. The zero-order chi connectivity index (χ0) is 13.7. The molecule has 0 fully saturated rings. The molecule has 0 atom stereocenters. The van der Waals surface area contributed by atoms with Crippen LogP contribution in [0.1, 0.15) is 11.3 Å². The van der Waals surface area contributed by atoms with Gasteiger partial charge >= 0.3 is 0 Å². The molecule has 4 heteroatoms. The molecule has 0 spiro atoms. The number of aromatic nitrogens is 1. The summed E-state index contributed by atoms with van der Waals surface area (Å²) in [5.74, 6) is 0.227. The van der Waals surface area contributed by atoms with Gasteiger partial charge in [0.15, 0.2) is 0 Å². The van der Waals surface area contributed by atoms with Crippen molar-refractivity contribution in [2.45, 2.75) is 12.8 Å². The topological polar surface area (TPSA) is 39.2 Å². The van der Waals surface area contributed by atoms with Crippen molar-refractivity contribution in [1.29, 1.82) is 0 Å². The molecule has 0 aliphatic heterocycles.